The second-order valence-electron chi connectivity index (χ2n) is 9.39. The Labute approximate surface area is 182 Å². The largest absolute Gasteiger partial charge is 0.332 e. The van der Waals surface area contributed by atoms with Crippen molar-refractivity contribution in [2.24, 2.45) is 11.8 Å². The summed E-state index contributed by atoms with van der Waals surface area (Å²) in [6.07, 6.45) is 11.8. The quantitative estimate of drug-likeness (QED) is 0.661. The number of fused-ring (bicyclic) bond motifs is 1. The predicted molar refractivity (Wildman–Crippen MR) is 122 cm³/mol. The molecule has 2 fully saturated rings. The van der Waals surface area contributed by atoms with Gasteiger partial charge in [0.15, 0.2) is 5.52 Å². The minimum absolute atomic E-state index is 0.176. The minimum Gasteiger partial charge on any atom is -0.324 e. The molecule has 5 rings (SSSR count). The van der Waals surface area contributed by atoms with Gasteiger partial charge in [-0.3, -0.25) is 13.9 Å². The normalized spacial score (nSPS) is 18.6. The van der Waals surface area contributed by atoms with Crippen molar-refractivity contribution in [3.05, 3.63) is 51.2 Å². The Kier molecular flexibility index (Phi) is 5.79. The summed E-state index contributed by atoms with van der Waals surface area (Å²) >= 11 is 0. The highest BCUT2D eigenvalue weighted by atomic mass is 16.2. The summed E-state index contributed by atoms with van der Waals surface area (Å²) in [7, 11) is 0. The van der Waals surface area contributed by atoms with E-state index in [0.29, 0.717) is 41.9 Å². The summed E-state index contributed by atoms with van der Waals surface area (Å²) in [5, 5.41) is 0. The lowest BCUT2D eigenvalue weighted by atomic mass is 9.89. The molecule has 0 atom stereocenters. The molecule has 0 bridgehead atoms. The Bertz CT molecular complexity index is 1150. The van der Waals surface area contributed by atoms with Gasteiger partial charge in [-0.2, -0.15) is 0 Å². The summed E-state index contributed by atoms with van der Waals surface area (Å²) in [6, 6.07) is 10.5. The lowest BCUT2D eigenvalue weighted by Crippen LogP contribution is -2.42. The number of rotatable bonds is 5. The van der Waals surface area contributed by atoms with Crippen molar-refractivity contribution in [1.82, 2.24) is 19.1 Å². The van der Waals surface area contributed by atoms with Gasteiger partial charge in [0.25, 0.3) is 5.56 Å². The Balaban J connectivity index is 1.62. The molecule has 2 saturated carbocycles. The van der Waals surface area contributed by atoms with Crippen molar-refractivity contribution >= 4 is 11.2 Å². The van der Waals surface area contributed by atoms with Crippen molar-refractivity contribution in [2.75, 3.05) is 0 Å². The van der Waals surface area contributed by atoms with E-state index in [2.05, 4.69) is 16.0 Å². The van der Waals surface area contributed by atoms with Gasteiger partial charge in [-0.05, 0) is 43.6 Å². The molecule has 0 aliphatic heterocycles. The summed E-state index contributed by atoms with van der Waals surface area (Å²) < 4.78 is 3.28. The number of hydrogen-bond acceptors (Lipinski definition) is 3. The zero-order valence-corrected chi connectivity index (χ0v) is 18.1. The predicted octanol–water partition coefficient (Wildman–Crippen LogP) is 4.51. The summed E-state index contributed by atoms with van der Waals surface area (Å²) in [5.41, 5.74) is 1.42. The fourth-order valence-electron chi connectivity index (χ4n) is 5.43. The van der Waals surface area contributed by atoms with E-state index in [1.54, 1.807) is 4.57 Å². The average Bonchev–Trinajstić information content (AvgIpc) is 3.27. The van der Waals surface area contributed by atoms with E-state index in [4.69, 9.17) is 0 Å². The molecule has 2 aromatic heterocycles. The number of aromatic amines is 1. The molecule has 2 heterocycles. The van der Waals surface area contributed by atoms with Gasteiger partial charge in [0, 0.05) is 18.7 Å². The zero-order valence-electron chi connectivity index (χ0n) is 18.1. The highest BCUT2D eigenvalue weighted by Crippen LogP contribution is 2.27. The molecule has 3 aromatic rings. The zero-order chi connectivity index (χ0) is 21.2. The number of imidazole rings is 1. The highest BCUT2D eigenvalue weighted by molar-refractivity contribution is 5.75. The van der Waals surface area contributed by atoms with Crippen molar-refractivity contribution < 1.29 is 0 Å². The molecule has 31 heavy (non-hydrogen) atoms. The third kappa shape index (κ3) is 4.12. The molecular weight excluding hydrogens is 388 g/mol. The van der Waals surface area contributed by atoms with Crippen molar-refractivity contribution in [2.45, 2.75) is 77.3 Å². The van der Waals surface area contributed by atoms with Crippen LogP contribution >= 0.6 is 0 Å². The first-order chi connectivity index (χ1) is 15.2. The molecule has 1 aromatic carbocycles. The smallest absolute Gasteiger partial charge is 0.324 e. The van der Waals surface area contributed by atoms with Gasteiger partial charge in [-0.1, -0.05) is 62.8 Å². The Morgan fingerprint density at radius 3 is 2.06 bits per heavy atom. The van der Waals surface area contributed by atoms with Crippen LogP contribution in [0.1, 0.15) is 64.2 Å². The topological polar surface area (TPSA) is 72.7 Å². The van der Waals surface area contributed by atoms with Crippen LogP contribution in [0.5, 0.6) is 0 Å². The van der Waals surface area contributed by atoms with Crippen LogP contribution in [0.2, 0.25) is 0 Å². The van der Waals surface area contributed by atoms with Crippen LogP contribution in [0.15, 0.2) is 33.9 Å². The van der Waals surface area contributed by atoms with Crippen LogP contribution in [0.3, 0.4) is 0 Å². The van der Waals surface area contributed by atoms with E-state index < -0.39 is 0 Å². The second-order valence-corrected chi connectivity index (χ2v) is 9.39. The molecule has 1 N–H and O–H groups in total. The lowest BCUT2D eigenvalue weighted by molar-refractivity contribution is 0.296. The second kappa shape index (κ2) is 8.85. The maximum atomic E-state index is 13.6. The number of aromatic nitrogens is 4. The lowest BCUT2D eigenvalue weighted by Gasteiger charge is -2.24. The third-order valence-corrected chi connectivity index (χ3v) is 7.19. The maximum absolute atomic E-state index is 13.6. The molecule has 1 radical (unpaired) electrons. The molecule has 0 unspecified atom stereocenters. The minimum atomic E-state index is -0.254. The van der Waals surface area contributed by atoms with Gasteiger partial charge in [0.05, 0.1) is 0 Å². The van der Waals surface area contributed by atoms with Gasteiger partial charge in [0.1, 0.15) is 11.5 Å². The van der Waals surface area contributed by atoms with E-state index >= 15 is 0 Å². The number of hydrogen-bond donors (Lipinski definition) is 1. The number of H-pyrrole nitrogens is 1. The van der Waals surface area contributed by atoms with E-state index in [0.717, 1.165) is 31.2 Å². The molecule has 0 amide bonds. The molecule has 6 heteroatoms. The van der Waals surface area contributed by atoms with E-state index in [1.165, 1.54) is 43.1 Å². The molecule has 163 valence electrons. The van der Waals surface area contributed by atoms with E-state index in [9.17, 15) is 9.59 Å². The van der Waals surface area contributed by atoms with Crippen molar-refractivity contribution in [3.63, 3.8) is 0 Å². The molecule has 2 aliphatic rings. The fourth-order valence-corrected chi connectivity index (χ4v) is 5.43. The Morgan fingerprint density at radius 1 is 0.871 bits per heavy atom. The summed E-state index contributed by atoms with van der Waals surface area (Å²) in [6.45, 7) is 1.17. The van der Waals surface area contributed by atoms with Gasteiger partial charge >= 0.3 is 5.69 Å². The fraction of sp³-hybridized carbons (Fsp3) is 0.560. The molecule has 2 aliphatic carbocycles. The first-order valence-corrected chi connectivity index (χ1v) is 11.9. The van der Waals surface area contributed by atoms with Crippen molar-refractivity contribution in [3.8, 4) is 11.4 Å². The van der Waals surface area contributed by atoms with E-state index in [1.807, 2.05) is 24.3 Å². The molecular formula is C25H31N4O2. The molecule has 0 saturated heterocycles. The number of nitrogens with one attached hydrogen (secondary N) is 1. The Hall–Kier alpha value is -2.63. The molecule has 0 spiro atoms. The van der Waals surface area contributed by atoms with Crippen LogP contribution in [0.25, 0.3) is 22.6 Å². The van der Waals surface area contributed by atoms with Crippen LogP contribution in [0.4, 0.5) is 0 Å². The maximum Gasteiger partial charge on any atom is 0.332 e. The van der Waals surface area contributed by atoms with Gasteiger partial charge < -0.3 is 4.98 Å². The monoisotopic (exact) mass is 419 g/mol. The standard InChI is InChI=1S/C25H31N4O2/c30-24-21-23(27-22(26-21)20-14-8-3-9-15-20)28(16-18-10-4-1-5-11-18)25(31)29(24)17-19-12-6-2-7-13-19/h8-9,14-15,18-19H,1-2,4-7,10-13,16-17H2,(H,26,27). The highest BCUT2D eigenvalue weighted by Gasteiger charge is 2.23. The summed E-state index contributed by atoms with van der Waals surface area (Å²) in [4.78, 5) is 34.9. The third-order valence-electron chi connectivity index (χ3n) is 7.19. The van der Waals surface area contributed by atoms with Crippen LogP contribution in [0, 0.1) is 17.9 Å². The first kappa shape index (κ1) is 20.3. The van der Waals surface area contributed by atoms with Crippen LogP contribution in [-0.4, -0.2) is 19.1 Å². The van der Waals surface area contributed by atoms with Gasteiger partial charge in [-0.15, -0.1) is 0 Å². The van der Waals surface area contributed by atoms with Crippen LogP contribution < -0.4 is 11.2 Å². The number of benzene rings is 1. The summed E-state index contributed by atoms with van der Waals surface area (Å²) in [5.74, 6) is 1.52. The number of nitrogens with zero attached hydrogens (tertiary/aromatic N) is 3. The Morgan fingerprint density at radius 2 is 1.45 bits per heavy atom. The van der Waals surface area contributed by atoms with Gasteiger partial charge in [0.2, 0.25) is 0 Å². The van der Waals surface area contributed by atoms with Gasteiger partial charge in [-0.25, -0.2) is 9.78 Å². The average molecular weight is 420 g/mol. The van der Waals surface area contributed by atoms with Crippen LogP contribution in [-0.2, 0) is 13.1 Å². The van der Waals surface area contributed by atoms with E-state index in [-0.39, 0.29) is 11.2 Å². The van der Waals surface area contributed by atoms with Crippen molar-refractivity contribution in [1.29, 1.82) is 0 Å². The SMILES string of the molecule is O=c1c2nc(-c3cc[c]cc3)[nH]c2n(CC2CCCCC2)c(=O)n1CC1CCCCC1. The molecule has 6 nitrogen and oxygen atoms in total. The first-order valence-electron chi connectivity index (χ1n) is 11.9.